The third-order valence-electron chi connectivity index (χ3n) is 3.18. The van der Waals surface area contributed by atoms with Crippen LogP contribution in [0.2, 0.25) is 0 Å². The molecule has 0 fully saturated rings. The molecule has 106 valence electrons. The first kappa shape index (κ1) is 17.4. The minimum Gasteiger partial charge on any atom is -0.377 e. The number of allylic oxidation sites excluding steroid dienone is 1. The van der Waals surface area contributed by atoms with Crippen molar-refractivity contribution in [2.75, 3.05) is 13.2 Å². The van der Waals surface area contributed by atoms with Crippen molar-refractivity contribution in [3.63, 3.8) is 0 Å². The Balaban J connectivity index is 2.90. The van der Waals surface area contributed by atoms with Gasteiger partial charge < -0.3 is 4.74 Å². The van der Waals surface area contributed by atoms with Gasteiger partial charge in [0.25, 0.3) is 0 Å². The lowest BCUT2D eigenvalue weighted by Crippen LogP contribution is -1.93. The number of unbranched alkanes of at least 4 members (excludes halogenated alkanes) is 10. The highest BCUT2D eigenvalue weighted by Crippen LogP contribution is 2.11. The molecular weight excluding hydrogens is 220 g/mol. The van der Waals surface area contributed by atoms with E-state index >= 15 is 0 Å². The minimum atomic E-state index is 0.700. The van der Waals surface area contributed by atoms with Crippen LogP contribution < -0.4 is 0 Å². The van der Waals surface area contributed by atoms with E-state index in [0.717, 1.165) is 6.61 Å². The van der Waals surface area contributed by atoms with Gasteiger partial charge in [0.1, 0.15) is 0 Å². The van der Waals surface area contributed by atoms with Gasteiger partial charge in [-0.25, -0.2) is 0 Å². The molecule has 0 spiro atoms. The summed E-state index contributed by atoms with van der Waals surface area (Å²) in [5, 5.41) is 0. The molecule has 1 heteroatoms. The maximum Gasteiger partial charge on any atom is 0.0644 e. The molecule has 0 radical (unpaired) electrons. The molecule has 0 aliphatic carbocycles. The fourth-order valence-corrected chi connectivity index (χ4v) is 2.07. The predicted molar refractivity (Wildman–Crippen MR) is 82.0 cm³/mol. The number of ether oxygens (including phenoxy) is 1. The predicted octanol–water partition coefficient (Wildman–Crippen LogP) is 5.67. The molecule has 0 atom stereocenters. The first-order valence-corrected chi connectivity index (χ1v) is 7.71. The quantitative estimate of drug-likeness (QED) is 0.270. The highest BCUT2D eigenvalue weighted by Gasteiger charge is 1.93. The van der Waals surface area contributed by atoms with Crippen LogP contribution in [0.15, 0.2) is 25.3 Å². The van der Waals surface area contributed by atoms with E-state index in [0.29, 0.717) is 6.61 Å². The van der Waals surface area contributed by atoms with E-state index in [9.17, 15) is 0 Å². The van der Waals surface area contributed by atoms with Crippen molar-refractivity contribution >= 4 is 0 Å². The lowest BCUT2D eigenvalue weighted by atomic mass is 10.1. The van der Waals surface area contributed by atoms with Crippen molar-refractivity contribution < 1.29 is 4.74 Å². The Morgan fingerprint density at radius 1 is 0.611 bits per heavy atom. The molecule has 0 heterocycles. The third-order valence-corrected chi connectivity index (χ3v) is 3.18. The van der Waals surface area contributed by atoms with Crippen molar-refractivity contribution in [1.29, 1.82) is 0 Å². The summed E-state index contributed by atoms with van der Waals surface area (Å²) in [7, 11) is 0. The smallest absolute Gasteiger partial charge is 0.0644 e. The molecule has 0 amide bonds. The van der Waals surface area contributed by atoms with E-state index in [-0.39, 0.29) is 0 Å². The van der Waals surface area contributed by atoms with Crippen LogP contribution in [-0.4, -0.2) is 13.2 Å². The largest absolute Gasteiger partial charge is 0.377 e. The number of hydrogen-bond acceptors (Lipinski definition) is 1. The summed E-state index contributed by atoms with van der Waals surface area (Å²) < 4.78 is 5.35. The van der Waals surface area contributed by atoms with Crippen LogP contribution >= 0.6 is 0 Å². The van der Waals surface area contributed by atoms with Crippen LogP contribution in [0.5, 0.6) is 0 Å². The lowest BCUT2D eigenvalue weighted by Gasteiger charge is -2.03. The molecule has 0 aromatic rings. The third kappa shape index (κ3) is 15.4. The van der Waals surface area contributed by atoms with Gasteiger partial charge >= 0.3 is 0 Å². The average Bonchev–Trinajstić information content (AvgIpc) is 2.39. The summed E-state index contributed by atoms with van der Waals surface area (Å²) in [6, 6.07) is 0. The van der Waals surface area contributed by atoms with Crippen LogP contribution in [0, 0.1) is 0 Å². The molecule has 0 saturated carbocycles. The van der Waals surface area contributed by atoms with E-state index < -0.39 is 0 Å². The van der Waals surface area contributed by atoms with Crippen LogP contribution in [0.3, 0.4) is 0 Å². The summed E-state index contributed by atoms with van der Waals surface area (Å²) in [6.07, 6.45) is 18.7. The fraction of sp³-hybridized carbons (Fsp3) is 0.765. The Labute approximate surface area is 114 Å². The van der Waals surface area contributed by atoms with Crippen LogP contribution in [-0.2, 0) is 4.74 Å². The van der Waals surface area contributed by atoms with Gasteiger partial charge in [-0.15, -0.1) is 13.2 Å². The van der Waals surface area contributed by atoms with Crippen LogP contribution in [0.25, 0.3) is 0 Å². The Bertz CT molecular complexity index is 154. The van der Waals surface area contributed by atoms with Gasteiger partial charge in [-0.1, -0.05) is 63.5 Å². The summed E-state index contributed by atoms with van der Waals surface area (Å²) in [5.41, 5.74) is 0. The lowest BCUT2D eigenvalue weighted by molar-refractivity contribution is 0.157. The highest BCUT2D eigenvalue weighted by atomic mass is 16.5. The molecule has 0 unspecified atom stereocenters. The SMILES string of the molecule is C=CCCCCCCCCCCCCOCC=C. The molecule has 0 aromatic carbocycles. The molecule has 0 aromatic heterocycles. The normalized spacial score (nSPS) is 10.4. The molecule has 0 rings (SSSR count). The Morgan fingerprint density at radius 3 is 1.61 bits per heavy atom. The van der Waals surface area contributed by atoms with E-state index in [2.05, 4.69) is 13.2 Å². The maximum atomic E-state index is 5.35. The monoisotopic (exact) mass is 252 g/mol. The molecule has 18 heavy (non-hydrogen) atoms. The Kier molecular flexibility index (Phi) is 15.9. The van der Waals surface area contributed by atoms with Crippen molar-refractivity contribution in [3.8, 4) is 0 Å². The van der Waals surface area contributed by atoms with Gasteiger partial charge in [0.05, 0.1) is 6.61 Å². The standard InChI is InChI=1S/C17H32O/c1-3-5-6-7-8-9-10-11-12-13-14-15-17-18-16-4-2/h3-4H,1-2,5-17H2. The molecular formula is C17H32O. The zero-order chi connectivity index (χ0) is 13.3. The molecule has 0 aliphatic rings. The minimum absolute atomic E-state index is 0.700. The van der Waals surface area contributed by atoms with Gasteiger partial charge in [-0.05, 0) is 19.3 Å². The van der Waals surface area contributed by atoms with Crippen molar-refractivity contribution in [3.05, 3.63) is 25.3 Å². The van der Waals surface area contributed by atoms with Gasteiger partial charge in [0.15, 0.2) is 0 Å². The van der Waals surface area contributed by atoms with Crippen molar-refractivity contribution in [1.82, 2.24) is 0 Å². The van der Waals surface area contributed by atoms with E-state index in [4.69, 9.17) is 4.74 Å². The molecule has 0 aliphatic heterocycles. The summed E-state index contributed by atoms with van der Waals surface area (Å²) in [4.78, 5) is 0. The topological polar surface area (TPSA) is 9.23 Å². The van der Waals surface area contributed by atoms with E-state index in [1.807, 2.05) is 12.2 Å². The van der Waals surface area contributed by atoms with Gasteiger partial charge in [-0.3, -0.25) is 0 Å². The zero-order valence-corrected chi connectivity index (χ0v) is 12.2. The van der Waals surface area contributed by atoms with Crippen LogP contribution in [0.1, 0.15) is 70.6 Å². The highest BCUT2D eigenvalue weighted by molar-refractivity contribution is 4.65. The number of hydrogen-bond donors (Lipinski definition) is 0. The summed E-state index contributed by atoms with van der Waals surface area (Å²) in [6.45, 7) is 8.97. The Hall–Kier alpha value is -0.560. The molecule has 0 N–H and O–H groups in total. The second kappa shape index (κ2) is 16.4. The molecule has 0 bridgehead atoms. The van der Waals surface area contributed by atoms with Crippen molar-refractivity contribution in [2.24, 2.45) is 0 Å². The maximum absolute atomic E-state index is 5.35. The van der Waals surface area contributed by atoms with E-state index in [1.54, 1.807) is 0 Å². The average molecular weight is 252 g/mol. The Morgan fingerprint density at radius 2 is 1.11 bits per heavy atom. The zero-order valence-electron chi connectivity index (χ0n) is 12.2. The van der Waals surface area contributed by atoms with Crippen LogP contribution in [0.4, 0.5) is 0 Å². The first-order chi connectivity index (χ1) is 8.91. The van der Waals surface area contributed by atoms with Gasteiger partial charge in [0.2, 0.25) is 0 Å². The fourth-order valence-electron chi connectivity index (χ4n) is 2.07. The second-order valence-corrected chi connectivity index (χ2v) is 4.98. The summed E-state index contributed by atoms with van der Waals surface area (Å²) >= 11 is 0. The first-order valence-electron chi connectivity index (χ1n) is 7.71. The van der Waals surface area contributed by atoms with E-state index in [1.165, 1.54) is 70.6 Å². The molecule has 0 saturated heterocycles. The second-order valence-electron chi connectivity index (χ2n) is 4.98. The molecule has 1 nitrogen and oxygen atoms in total. The van der Waals surface area contributed by atoms with Gasteiger partial charge in [0, 0.05) is 6.61 Å². The number of rotatable bonds is 15. The van der Waals surface area contributed by atoms with Crippen molar-refractivity contribution in [2.45, 2.75) is 70.6 Å². The van der Waals surface area contributed by atoms with Gasteiger partial charge in [-0.2, -0.15) is 0 Å². The summed E-state index contributed by atoms with van der Waals surface area (Å²) in [5.74, 6) is 0.